The number of carboxylic acid groups (broad SMARTS) is 1. The number of carboxylic acids is 1. The number of ketones is 1. The van der Waals surface area contributed by atoms with Crippen LogP contribution in [0, 0.1) is 11.7 Å². The molecule has 1 saturated carbocycles. The molecule has 2 fully saturated rings. The lowest BCUT2D eigenvalue weighted by Crippen LogP contribution is -2.42. The molecule has 1 aliphatic heterocycles. The number of hydrogen-bond acceptors (Lipinski definition) is 5. The van der Waals surface area contributed by atoms with Crippen LogP contribution in [-0.2, 0) is 16.1 Å². The van der Waals surface area contributed by atoms with Crippen LogP contribution in [0.25, 0.3) is 6.08 Å². The number of Topliss-reactive ketones (excluding diaryl/α,β-unsaturated/α-hetero) is 1. The zero-order chi connectivity index (χ0) is 21.3. The second-order valence-electron chi connectivity index (χ2n) is 7.96. The lowest BCUT2D eigenvalue weighted by atomic mass is 9.93. The minimum atomic E-state index is -0.959. The monoisotopic (exact) mass is 465 g/mol. The van der Waals surface area contributed by atoms with Crippen LogP contribution in [0.15, 0.2) is 42.2 Å². The van der Waals surface area contributed by atoms with Gasteiger partial charge >= 0.3 is 5.97 Å². The van der Waals surface area contributed by atoms with Crippen molar-refractivity contribution in [1.29, 1.82) is 0 Å². The Morgan fingerprint density at radius 3 is 2.71 bits per heavy atom. The number of carbonyl (C=O) groups is 2. The van der Waals surface area contributed by atoms with Crippen molar-refractivity contribution in [3.8, 4) is 0 Å². The van der Waals surface area contributed by atoms with Crippen LogP contribution in [0.5, 0.6) is 0 Å². The third-order valence-corrected chi connectivity index (χ3v) is 6.21. The van der Waals surface area contributed by atoms with Crippen molar-refractivity contribution in [2.75, 3.05) is 13.1 Å². The fourth-order valence-electron chi connectivity index (χ4n) is 3.97. The highest BCUT2D eigenvalue weighted by Gasteiger charge is 2.40. The molecule has 0 amide bonds. The van der Waals surface area contributed by atoms with E-state index in [2.05, 4.69) is 5.10 Å². The number of likely N-dealkylation sites (tertiary alicyclic amines) is 1. The third-order valence-electron chi connectivity index (χ3n) is 5.62. The van der Waals surface area contributed by atoms with Crippen LogP contribution in [0.2, 0.25) is 0 Å². The smallest absolute Gasteiger partial charge is 0.325 e. The Kier molecular flexibility index (Phi) is 7.56. The van der Waals surface area contributed by atoms with Crippen LogP contribution < -0.4 is 0 Å². The molecule has 2 unspecified atom stereocenters. The van der Waals surface area contributed by atoms with Gasteiger partial charge in [-0.1, -0.05) is 24.3 Å². The lowest BCUT2D eigenvalue weighted by Gasteiger charge is -2.37. The van der Waals surface area contributed by atoms with E-state index in [1.54, 1.807) is 30.6 Å². The highest BCUT2D eigenvalue weighted by molar-refractivity contribution is 7.81. The first-order chi connectivity index (χ1) is 14.4. The molecule has 1 aliphatic carbocycles. The van der Waals surface area contributed by atoms with Crippen molar-refractivity contribution in [1.82, 2.24) is 14.7 Å². The molecule has 0 radical (unpaired) electrons. The maximum absolute atomic E-state index is 14.6. The first-order valence-electron chi connectivity index (χ1n) is 10.1. The highest BCUT2D eigenvalue weighted by Crippen LogP contribution is 2.39. The fourth-order valence-corrected chi connectivity index (χ4v) is 4.24. The second kappa shape index (κ2) is 9.97. The van der Waals surface area contributed by atoms with Crippen LogP contribution >= 0.6 is 25.0 Å². The molecule has 1 N–H and O–H groups in total. The number of benzene rings is 1. The van der Waals surface area contributed by atoms with E-state index >= 15 is 0 Å². The molecule has 1 saturated heterocycles. The van der Waals surface area contributed by atoms with Crippen molar-refractivity contribution in [2.24, 2.45) is 5.92 Å². The number of rotatable bonds is 7. The molecular weight excluding hydrogens is 441 g/mol. The van der Waals surface area contributed by atoms with Gasteiger partial charge in [-0.05, 0) is 30.9 Å². The summed E-state index contributed by atoms with van der Waals surface area (Å²) >= 11 is 4.70. The summed E-state index contributed by atoms with van der Waals surface area (Å²) < 4.78 is 16.0. The molecule has 1 aromatic carbocycles. The summed E-state index contributed by atoms with van der Waals surface area (Å²) in [5.41, 5.74) is 2.22. The number of hydrogen-bond donors (Lipinski definition) is 2. The SMILES string of the molecule is Cl.O=C(O)Cn1cc(/C=C2\CN(C(C(=O)C3CC3)c3ccccc3F)CCC2S)cn1. The number of thiol groups is 1. The Labute approximate surface area is 191 Å². The van der Waals surface area contributed by atoms with Gasteiger partial charge in [0.25, 0.3) is 0 Å². The number of halogens is 2. The van der Waals surface area contributed by atoms with E-state index in [0.29, 0.717) is 18.7 Å². The number of piperidine rings is 1. The number of aromatic nitrogens is 2. The van der Waals surface area contributed by atoms with Gasteiger partial charge in [-0.3, -0.25) is 19.2 Å². The van der Waals surface area contributed by atoms with Gasteiger partial charge in [-0.25, -0.2) is 4.39 Å². The van der Waals surface area contributed by atoms with Crippen molar-refractivity contribution < 1.29 is 19.1 Å². The summed E-state index contributed by atoms with van der Waals surface area (Å²) in [5.74, 6) is -1.21. The molecule has 0 spiro atoms. The van der Waals surface area contributed by atoms with Crippen LogP contribution in [0.1, 0.15) is 36.4 Å². The molecule has 2 aliphatic rings. The average Bonchev–Trinajstić information content (AvgIpc) is 3.47. The normalized spacial score (nSPS) is 21.5. The summed E-state index contributed by atoms with van der Waals surface area (Å²) in [5, 5.41) is 13.0. The molecule has 4 rings (SSSR count). The van der Waals surface area contributed by atoms with Crippen LogP contribution in [0.3, 0.4) is 0 Å². The maximum atomic E-state index is 14.6. The highest BCUT2D eigenvalue weighted by atomic mass is 35.5. The van der Waals surface area contributed by atoms with Crippen molar-refractivity contribution >= 4 is 42.9 Å². The zero-order valence-corrected chi connectivity index (χ0v) is 18.6. The van der Waals surface area contributed by atoms with Gasteiger partial charge in [0.05, 0.1) is 12.2 Å². The molecule has 9 heteroatoms. The van der Waals surface area contributed by atoms with E-state index in [1.165, 1.54) is 10.7 Å². The Morgan fingerprint density at radius 1 is 1.29 bits per heavy atom. The van der Waals surface area contributed by atoms with Gasteiger partial charge in [0.2, 0.25) is 0 Å². The van der Waals surface area contributed by atoms with E-state index in [-0.39, 0.29) is 41.7 Å². The predicted octanol–water partition coefficient (Wildman–Crippen LogP) is 3.64. The Hall–Kier alpha value is -2.16. The molecule has 2 atom stereocenters. The lowest BCUT2D eigenvalue weighted by molar-refractivity contribution is -0.137. The predicted molar refractivity (Wildman–Crippen MR) is 121 cm³/mol. The summed E-state index contributed by atoms with van der Waals surface area (Å²) in [6.45, 7) is 0.946. The zero-order valence-electron chi connectivity index (χ0n) is 16.9. The molecule has 31 heavy (non-hydrogen) atoms. The van der Waals surface area contributed by atoms with Gasteiger partial charge in [0.1, 0.15) is 12.4 Å². The van der Waals surface area contributed by atoms with Crippen LogP contribution in [0.4, 0.5) is 4.39 Å². The quantitative estimate of drug-likeness (QED) is 0.611. The van der Waals surface area contributed by atoms with Crippen molar-refractivity contribution in [3.05, 3.63) is 59.2 Å². The number of carbonyl (C=O) groups excluding carboxylic acids is 1. The second-order valence-corrected chi connectivity index (χ2v) is 8.58. The van der Waals surface area contributed by atoms with E-state index in [9.17, 15) is 14.0 Å². The maximum Gasteiger partial charge on any atom is 0.325 e. The van der Waals surface area contributed by atoms with Crippen molar-refractivity contribution in [2.45, 2.75) is 37.1 Å². The first kappa shape index (κ1) is 23.5. The van der Waals surface area contributed by atoms with E-state index in [0.717, 1.165) is 30.4 Å². The minimum Gasteiger partial charge on any atom is -0.480 e. The van der Waals surface area contributed by atoms with E-state index < -0.39 is 12.0 Å². The van der Waals surface area contributed by atoms with Gasteiger partial charge in [0, 0.05) is 41.6 Å². The Bertz CT molecular complexity index is 992. The van der Waals surface area contributed by atoms with E-state index in [4.69, 9.17) is 17.7 Å². The standard InChI is InChI=1S/C22H24FN3O3S.ClH/c23-18-4-2-1-3-17(18)21(22(29)15-5-6-15)25-8-7-19(30)16(12-25)9-14-10-24-26(11-14)13-20(27)28;/h1-4,9-11,15,19,21,30H,5-8,12-13H2,(H,27,28);1H/b16-9+;. The van der Waals surface area contributed by atoms with Gasteiger partial charge in [0.15, 0.2) is 5.78 Å². The minimum absolute atomic E-state index is 0. The summed E-state index contributed by atoms with van der Waals surface area (Å²) in [7, 11) is 0. The molecular formula is C22H25ClFN3O3S. The Balaban J connectivity index is 0.00000272. The van der Waals surface area contributed by atoms with Gasteiger partial charge in [-0.15, -0.1) is 12.4 Å². The first-order valence-corrected chi connectivity index (χ1v) is 10.6. The summed E-state index contributed by atoms with van der Waals surface area (Å²) in [6.07, 6.45) is 7.70. The molecule has 6 nitrogen and oxygen atoms in total. The molecule has 1 aromatic heterocycles. The average molecular weight is 466 g/mol. The number of aliphatic carboxylic acids is 1. The van der Waals surface area contributed by atoms with Crippen LogP contribution in [-0.4, -0.2) is 49.9 Å². The van der Waals surface area contributed by atoms with Gasteiger partial charge < -0.3 is 5.11 Å². The molecule has 166 valence electrons. The largest absolute Gasteiger partial charge is 0.480 e. The van der Waals surface area contributed by atoms with Crippen molar-refractivity contribution in [3.63, 3.8) is 0 Å². The Morgan fingerprint density at radius 2 is 2.03 bits per heavy atom. The summed E-state index contributed by atoms with van der Waals surface area (Å²) in [4.78, 5) is 26.0. The molecule has 0 bridgehead atoms. The molecule has 2 aromatic rings. The topological polar surface area (TPSA) is 75.4 Å². The molecule has 2 heterocycles. The fraction of sp³-hybridized carbons (Fsp3) is 0.409. The van der Waals surface area contributed by atoms with Gasteiger partial charge in [-0.2, -0.15) is 17.7 Å². The summed E-state index contributed by atoms with van der Waals surface area (Å²) in [6, 6.07) is 5.91. The number of nitrogens with zero attached hydrogens (tertiary/aromatic N) is 3. The van der Waals surface area contributed by atoms with E-state index in [1.807, 2.05) is 11.0 Å². The third kappa shape index (κ3) is 5.56.